The zero-order valence-corrected chi connectivity index (χ0v) is 36.5. The van der Waals surface area contributed by atoms with Crippen molar-refractivity contribution in [3.05, 3.63) is 69.3 Å². The fraction of sp³-hybridized carbons (Fsp3) is 0.636. The van der Waals surface area contributed by atoms with Crippen molar-refractivity contribution in [3.63, 3.8) is 0 Å². The van der Waals surface area contributed by atoms with E-state index in [-0.39, 0.29) is 0 Å². The molecule has 2 nitrogen and oxygen atoms in total. The summed E-state index contributed by atoms with van der Waals surface area (Å²) < 4.78 is 1.19. The molecular weight excluding hydrogens is 759 g/mol. The van der Waals surface area contributed by atoms with E-state index in [0.717, 1.165) is 35.1 Å². The van der Waals surface area contributed by atoms with Gasteiger partial charge in [-0.05, 0) is 0 Å². The Morgan fingerprint density at radius 2 is 0.960 bits per heavy atom. The molecule has 0 atom stereocenters. The van der Waals surface area contributed by atoms with Crippen LogP contribution in [0.15, 0.2) is 35.9 Å². The molecule has 3 aliphatic carbocycles. The molecule has 1 heterocycles. The molecule has 0 aromatic heterocycles. The van der Waals surface area contributed by atoms with Gasteiger partial charge < -0.3 is 0 Å². The summed E-state index contributed by atoms with van der Waals surface area (Å²) in [7, 11) is 15.9. The van der Waals surface area contributed by atoms with E-state index in [1.54, 1.807) is 0 Å². The Bertz CT molecular complexity index is 1500. The SMILES string of the molecule is CC(=CC=P(C1CCCCC1)(C1CCCCC1)C1CCCCC1)[CH2][Ru]([Cl])([Cl])=[C]1N(c2c(C)cc(C)cc2C)CCN1c1c(C)cc(C)cc1C. The molecule has 3 saturated carbocycles. The zero-order chi connectivity index (χ0) is 35.6. The van der Waals surface area contributed by atoms with Crippen molar-refractivity contribution < 1.29 is 12.3 Å². The molecule has 0 spiro atoms. The summed E-state index contributed by atoms with van der Waals surface area (Å²) in [5, 5.41) is 0.798. The van der Waals surface area contributed by atoms with E-state index >= 15 is 0 Å². The normalized spacial score (nSPS) is 21.3. The molecule has 6 rings (SSSR count). The fourth-order valence-electron chi connectivity index (χ4n) is 10.8. The molecule has 0 radical (unpaired) electrons. The van der Waals surface area contributed by atoms with Gasteiger partial charge in [0.05, 0.1) is 0 Å². The Kier molecular flexibility index (Phi) is 13.0. The Labute approximate surface area is 317 Å². The van der Waals surface area contributed by atoms with E-state index in [1.807, 2.05) is 0 Å². The average molecular weight is 826 g/mol. The van der Waals surface area contributed by atoms with Crippen LogP contribution in [0.3, 0.4) is 0 Å². The topological polar surface area (TPSA) is 6.48 Å². The number of nitrogens with zero attached hydrogens (tertiary/aromatic N) is 2. The summed E-state index contributed by atoms with van der Waals surface area (Å²) in [6.45, 7) is 16.3. The second kappa shape index (κ2) is 16.7. The van der Waals surface area contributed by atoms with Gasteiger partial charge in [-0.2, -0.15) is 0 Å². The van der Waals surface area contributed by atoms with E-state index in [2.05, 4.69) is 94.4 Å². The predicted octanol–water partition coefficient (Wildman–Crippen LogP) is 13.6. The summed E-state index contributed by atoms with van der Waals surface area (Å²) in [5.41, 5.74) is 14.7. The third kappa shape index (κ3) is 8.13. The minimum absolute atomic E-state index is 0.798. The second-order valence-corrected chi connectivity index (χ2v) is 30.9. The van der Waals surface area contributed by atoms with E-state index in [9.17, 15) is 0 Å². The van der Waals surface area contributed by atoms with Gasteiger partial charge in [0.1, 0.15) is 0 Å². The zero-order valence-electron chi connectivity index (χ0n) is 32.4. The fourth-order valence-corrected chi connectivity index (χ4v) is 25.0. The quantitative estimate of drug-likeness (QED) is 0.193. The van der Waals surface area contributed by atoms with Crippen LogP contribution < -0.4 is 9.80 Å². The van der Waals surface area contributed by atoms with E-state index < -0.39 is 19.2 Å². The van der Waals surface area contributed by atoms with Crippen LogP contribution in [0.5, 0.6) is 0 Å². The second-order valence-electron chi connectivity index (χ2n) is 16.6. The number of anilines is 2. The van der Waals surface area contributed by atoms with Gasteiger partial charge in [0, 0.05) is 0 Å². The van der Waals surface area contributed by atoms with Crippen LogP contribution in [0, 0.1) is 41.5 Å². The average Bonchev–Trinajstić information content (AvgIpc) is 3.50. The molecule has 2 aromatic carbocycles. The molecule has 4 fully saturated rings. The third-order valence-electron chi connectivity index (χ3n) is 12.6. The van der Waals surface area contributed by atoms with Crippen molar-refractivity contribution in [1.82, 2.24) is 0 Å². The van der Waals surface area contributed by atoms with E-state index in [1.165, 1.54) is 151 Å². The first-order valence-electron chi connectivity index (χ1n) is 20.0. The van der Waals surface area contributed by atoms with Crippen molar-refractivity contribution in [2.45, 2.75) is 167 Å². The Balaban J connectivity index is 1.48. The molecule has 0 bridgehead atoms. The van der Waals surface area contributed by atoms with Crippen molar-refractivity contribution in [2.75, 3.05) is 22.9 Å². The molecule has 1 saturated heterocycles. The first-order valence-corrected chi connectivity index (χ1v) is 28.6. The standard InChI is InChI=1S/C23H40P.C21H26N2.2ClH.Ru/c1-20(2)18-19-24(21-12-6-3-7-13-21,22-14-8-4-9-15-22)23-16-10-5-11-17-23;1-14-9-16(3)20(17(4)10-14)22-7-8-23(13-22)21-18(5)11-15(2)12-19(21)6;;;/h18-19,21-23H,1,3-17H2,2H3;9-12H,7-8H2,1-6H3;2*1H;/q;;;;+2/p-2. The van der Waals surface area contributed by atoms with Gasteiger partial charge in [-0.3, -0.25) is 0 Å². The summed E-state index contributed by atoms with van der Waals surface area (Å²) in [4.78, 5) is 5.07. The number of rotatable bonds is 8. The third-order valence-corrected chi connectivity index (χ3v) is 25.0. The van der Waals surface area contributed by atoms with Crippen LogP contribution in [-0.2, 0) is 12.3 Å². The molecule has 50 heavy (non-hydrogen) atoms. The van der Waals surface area contributed by atoms with Crippen LogP contribution >= 0.6 is 26.3 Å². The summed E-state index contributed by atoms with van der Waals surface area (Å²) >= 11 is -3.46. The number of allylic oxidation sites excluding steroid dienone is 2. The van der Waals surface area contributed by atoms with Gasteiger partial charge in [-0.25, -0.2) is 0 Å². The first kappa shape index (κ1) is 38.9. The van der Waals surface area contributed by atoms with Crippen molar-refractivity contribution in [1.29, 1.82) is 0 Å². The molecule has 1 aliphatic heterocycles. The Hall–Kier alpha value is -0.847. The van der Waals surface area contributed by atoms with Crippen molar-refractivity contribution in [2.24, 2.45) is 0 Å². The molecule has 0 unspecified atom stereocenters. The van der Waals surface area contributed by atoms with Crippen molar-refractivity contribution >= 4 is 47.8 Å². The number of hydrogen-bond acceptors (Lipinski definition) is 2. The minimum atomic E-state index is -3.46. The number of aryl methyl sites for hydroxylation is 6. The van der Waals surface area contributed by atoms with Gasteiger partial charge in [0.2, 0.25) is 0 Å². The van der Waals surface area contributed by atoms with Crippen LogP contribution in [0.4, 0.5) is 11.4 Å². The van der Waals surface area contributed by atoms with Gasteiger partial charge in [-0.15, -0.1) is 0 Å². The molecule has 279 valence electrons. The van der Waals surface area contributed by atoms with E-state index in [0.29, 0.717) is 0 Å². The molecule has 6 heteroatoms. The molecule has 0 amide bonds. The van der Waals surface area contributed by atoms with Crippen molar-refractivity contribution in [3.8, 4) is 0 Å². The number of benzene rings is 2. The molecule has 0 N–H and O–H groups in total. The maximum absolute atomic E-state index is 7.96. The molecule has 2 aromatic rings. The van der Waals surface area contributed by atoms with Gasteiger partial charge in [0.25, 0.3) is 0 Å². The van der Waals surface area contributed by atoms with Gasteiger partial charge in [0.15, 0.2) is 0 Å². The van der Waals surface area contributed by atoms with E-state index in [4.69, 9.17) is 19.4 Å². The first-order chi connectivity index (χ1) is 23.9. The number of halogens is 2. The molecule has 4 aliphatic rings. The summed E-state index contributed by atoms with van der Waals surface area (Å²) in [6.07, 6.45) is 24.5. The van der Waals surface area contributed by atoms with Crippen LogP contribution in [0.2, 0.25) is 5.02 Å². The van der Waals surface area contributed by atoms with Gasteiger partial charge >= 0.3 is 319 Å². The Morgan fingerprint density at radius 1 is 0.620 bits per heavy atom. The van der Waals surface area contributed by atoms with Crippen LogP contribution in [0.25, 0.3) is 0 Å². The van der Waals surface area contributed by atoms with Gasteiger partial charge in [-0.1, -0.05) is 0 Å². The number of hydrogen-bond donors (Lipinski definition) is 0. The van der Waals surface area contributed by atoms with Crippen LogP contribution in [0.1, 0.15) is 137 Å². The monoisotopic (exact) mass is 825 g/mol. The summed E-state index contributed by atoms with van der Waals surface area (Å²) in [5.74, 6) is 2.94. The maximum atomic E-state index is 7.96. The summed E-state index contributed by atoms with van der Waals surface area (Å²) in [6, 6.07) is 9.30. The van der Waals surface area contributed by atoms with Crippen LogP contribution in [-0.4, -0.2) is 40.2 Å². The Morgan fingerprint density at radius 3 is 1.30 bits per heavy atom. The molecular formula is C44H66Cl2N2PRu. The predicted molar refractivity (Wildman–Crippen MR) is 225 cm³/mol.